The molecular weight excluding hydrogens is 120 g/mol. The lowest BCUT2D eigenvalue weighted by Gasteiger charge is -1.85. The predicted molar refractivity (Wildman–Crippen MR) is 31.8 cm³/mol. The third-order valence-corrected chi connectivity index (χ3v) is 0.526. The first-order chi connectivity index (χ1) is 5.00. The molecule has 0 aliphatic rings. The van der Waals surface area contributed by atoms with Crippen LogP contribution in [0.3, 0.4) is 0 Å². The molecule has 50 valence electrons. The number of ketones is 1. The molecule has 0 atom stereocenters. The summed E-state index contributed by atoms with van der Waals surface area (Å²) in [4.78, 5) is 21.0. The van der Waals surface area contributed by atoms with Gasteiger partial charge in [-0.25, -0.2) is 4.79 Å². The second kappa shape index (κ2) is 3.83. The van der Waals surface area contributed by atoms with Crippen molar-refractivity contribution in [1.29, 1.82) is 0 Å². The van der Waals surface area contributed by atoms with E-state index in [4.69, 9.17) is 2.74 Å². The number of hydrogen-bond donors (Lipinski definition) is 0. The van der Waals surface area contributed by atoms with Gasteiger partial charge in [0.2, 0.25) is 0 Å². The van der Waals surface area contributed by atoms with Gasteiger partial charge in [-0.1, -0.05) is 0 Å². The molecule has 0 aromatic heterocycles. The van der Waals surface area contributed by atoms with Crippen LogP contribution < -0.4 is 0 Å². The van der Waals surface area contributed by atoms with E-state index < -0.39 is 23.9 Å². The van der Waals surface area contributed by atoms with Gasteiger partial charge in [0.25, 0.3) is 0 Å². The van der Waals surface area contributed by atoms with Crippen molar-refractivity contribution in [3.63, 3.8) is 0 Å². The normalized spacial score (nSPS) is 14.9. The van der Waals surface area contributed by atoms with Crippen molar-refractivity contribution in [2.24, 2.45) is 0 Å². The summed E-state index contributed by atoms with van der Waals surface area (Å²) in [5, 5.41) is 0. The van der Waals surface area contributed by atoms with Gasteiger partial charge in [0.15, 0.2) is 5.78 Å². The molecule has 0 aliphatic heterocycles. The fraction of sp³-hybridized carbons (Fsp3) is 0.333. The summed E-state index contributed by atoms with van der Waals surface area (Å²) in [5.74, 6) is -1.59. The SMILES string of the molecule is [2H]/C(C(C)=O)=C(/[2H])C(=O)OC. The Labute approximate surface area is 56.1 Å². The maximum atomic E-state index is 10.5. The second-order valence-corrected chi connectivity index (χ2v) is 1.30. The molecule has 0 amide bonds. The van der Waals surface area contributed by atoms with Crippen molar-refractivity contribution in [1.82, 2.24) is 0 Å². The van der Waals surface area contributed by atoms with E-state index in [1.807, 2.05) is 0 Å². The zero-order chi connectivity index (χ0) is 9.02. The van der Waals surface area contributed by atoms with Gasteiger partial charge in [0.05, 0.1) is 9.85 Å². The molecule has 0 N–H and O–H groups in total. The van der Waals surface area contributed by atoms with Crippen molar-refractivity contribution in [3.05, 3.63) is 12.1 Å². The van der Waals surface area contributed by atoms with E-state index in [9.17, 15) is 9.59 Å². The maximum absolute atomic E-state index is 10.5. The molecule has 0 saturated carbocycles. The van der Waals surface area contributed by atoms with Crippen molar-refractivity contribution < 1.29 is 17.1 Å². The Morgan fingerprint density at radius 1 is 1.56 bits per heavy atom. The van der Waals surface area contributed by atoms with Gasteiger partial charge in [0, 0.05) is 6.05 Å². The van der Waals surface area contributed by atoms with Crippen molar-refractivity contribution in [2.75, 3.05) is 7.11 Å². The minimum absolute atomic E-state index is 0.625. The van der Waals surface area contributed by atoms with Gasteiger partial charge in [-0.05, 0) is 13.0 Å². The number of allylic oxidation sites excluding steroid dienone is 1. The van der Waals surface area contributed by atoms with E-state index in [1.165, 1.54) is 0 Å². The first-order valence-electron chi connectivity index (χ1n) is 3.27. The zero-order valence-corrected chi connectivity index (χ0v) is 5.22. The molecule has 3 nitrogen and oxygen atoms in total. The van der Waals surface area contributed by atoms with Crippen LogP contribution in [-0.4, -0.2) is 18.9 Å². The molecule has 0 bridgehead atoms. The molecule has 3 heteroatoms. The fourth-order valence-electron chi connectivity index (χ4n) is 0.190. The first-order valence-corrected chi connectivity index (χ1v) is 2.27. The second-order valence-electron chi connectivity index (χ2n) is 1.30. The van der Waals surface area contributed by atoms with E-state index in [0.29, 0.717) is 0 Å². The van der Waals surface area contributed by atoms with Gasteiger partial charge < -0.3 is 4.74 Å². The molecule has 0 aromatic rings. The summed E-state index contributed by atoms with van der Waals surface area (Å²) in [7, 11) is 1.09. The molecule has 0 fully saturated rings. The monoisotopic (exact) mass is 130 g/mol. The Morgan fingerprint density at radius 3 is 2.44 bits per heavy atom. The quantitative estimate of drug-likeness (QED) is 0.399. The number of carbonyl (C=O) groups excluding carboxylic acids is 2. The molecule has 0 spiro atoms. The molecule has 0 saturated heterocycles. The van der Waals surface area contributed by atoms with E-state index in [2.05, 4.69) is 4.74 Å². The Hall–Kier alpha value is -1.12. The summed E-state index contributed by atoms with van der Waals surface area (Å²) in [6, 6.07) is -1.34. The van der Waals surface area contributed by atoms with Crippen LogP contribution in [0.4, 0.5) is 0 Å². The number of methoxy groups -OCH3 is 1. The molecular formula is C6H8O3. The number of hydrogen-bond acceptors (Lipinski definition) is 3. The maximum Gasteiger partial charge on any atom is 0.330 e. The van der Waals surface area contributed by atoms with E-state index in [1.54, 1.807) is 0 Å². The lowest BCUT2D eigenvalue weighted by Crippen LogP contribution is -1.95. The first kappa shape index (κ1) is 4.73. The predicted octanol–water partition coefficient (Wildman–Crippen LogP) is 0.305. The van der Waals surface area contributed by atoms with Gasteiger partial charge in [-0.15, -0.1) is 0 Å². The van der Waals surface area contributed by atoms with Gasteiger partial charge in [0.1, 0.15) is 0 Å². The summed E-state index contributed by atoms with van der Waals surface area (Å²) in [6.45, 7) is 1.11. The van der Waals surface area contributed by atoms with Crippen LogP contribution in [0.5, 0.6) is 0 Å². The standard InChI is InChI=1S/C6H8O3/c1-5(7)3-4-6(8)9-2/h3-4H,1-2H3/b4-3+/i3D,4D. The number of esters is 1. The summed E-state index contributed by atoms with van der Waals surface area (Å²) >= 11 is 0. The van der Waals surface area contributed by atoms with Crippen LogP contribution in [0.2, 0.25) is 0 Å². The average molecular weight is 130 g/mol. The molecule has 0 aromatic carbocycles. The highest BCUT2D eigenvalue weighted by atomic mass is 16.5. The Morgan fingerprint density at radius 2 is 2.11 bits per heavy atom. The lowest BCUT2D eigenvalue weighted by molar-refractivity contribution is -0.135. The molecule has 0 aliphatic carbocycles. The highest BCUT2D eigenvalue weighted by Gasteiger charge is 1.89. The smallest absolute Gasteiger partial charge is 0.330 e. The molecule has 9 heavy (non-hydrogen) atoms. The van der Waals surface area contributed by atoms with Gasteiger partial charge >= 0.3 is 5.97 Å². The molecule has 0 heterocycles. The van der Waals surface area contributed by atoms with E-state index in [0.717, 1.165) is 14.0 Å². The van der Waals surface area contributed by atoms with Gasteiger partial charge in [-0.3, -0.25) is 4.79 Å². The fourth-order valence-corrected chi connectivity index (χ4v) is 0.190. The number of carbonyl (C=O) groups is 2. The third kappa shape index (κ3) is 4.74. The van der Waals surface area contributed by atoms with Crippen LogP contribution in [-0.2, 0) is 14.3 Å². The van der Waals surface area contributed by atoms with Gasteiger partial charge in [-0.2, -0.15) is 0 Å². The number of ether oxygens (including phenoxy) is 1. The van der Waals surface area contributed by atoms with Crippen molar-refractivity contribution >= 4 is 11.8 Å². The highest BCUT2D eigenvalue weighted by molar-refractivity contribution is 5.94. The minimum Gasteiger partial charge on any atom is -0.466 e. The van der Waals surface area contributed by atoms with Crippen LogP contribution in [0.1, 0.15) is 9.67 Å². The van der Waals surface area contributed by atoms with Crippen molar-refractivity contribution in [2.45, 2.75) is 6.92 Å². The Bertz CT molecular complexity index is 220. The van der Waals surface area contributed by atoms with Crippen LogP contribution in [0, 0.1) is 0 Å². The van der Waals surface area contributed by atoms with E-state index >= 15 is 0 Å². The van der Waals surface area contributed by atoms with E-state index in [-0.39, 0.29) is 0 Å². The third-order valence-electron chi connectivity index (χ3n) is 0.526. The largest absolute Gasteiger partial charge is 0.466 e. The van der Waals surface area contributed by atoms with Crippen molar-refractivity contribution in [3.8, 4) is 0 Å². The number of rotatable bonds is 2. The average Bonchev–Trinajstić information content (AvgIpc) is 2.00. The summed E-state index contributed by atoms with van der Waals surface area (Å²) in [5.41, 5.74) is 0. The Balaban J connectivity index is 4.66. The Kier molecular flexibility index (Phi) is 2.01. The van der Waals surface area contributed by atoms with Crippen LogP contribution in [0.25, 0.3) is 0 Å². The van der Waals surface area contributed by atoms with Crippen LogP contribution in [0.15, 0.2) is 12.1 Å². The van der Waals surface area contributed by atoms with Crippen LogP contribution >= 0.6 is 0 Å². The zero-order valence-electron chi connectivity index (χ0n) is 7.22. The highest BCUT2D eigenvalue weighted by Crippen LogP contribution is 1.78. The topological polar surface area (TPSA) is 43.4 Å². The summed E-state index contributed by atoms with van der Waals surface area (Å²) in [6.07, 6.45) is 0. The minimum atomic E-state index is -0.967. The molecule has 0 rings (SSSR count). The lowest BCUT2D eigenvalue weighted by atomic mass is 10.4. The molecule has 0 radical (unpaired) electrons. The molecule has 0 unspecified atom stereocenters. The summed E-state index contributed by atoms with van der Waals surface area (Å²) < 4.78 is 17.9.